The summed E-state index contributed by atoms with van der Waals surface area (Å²) in [6.45, 7) is 7.27. The molecule has 1 aromatic rings. The number of carbonyl (C=O) groups is 1. The first-order valence-corrected chi connectivity index (χ1v) is 9.98. The molecular weight excluding hydrogens is 340 g/mol. The molecule has 0 saturated heterocycles. The second kappa shape index (κ2) is 10.8. The van der Waals surface area contributed by atoms with Gasteiger partial charge in [0.05, 0.1) is 6.10 Å². The zero-order valence-electron chi connectivity index (χ0n) is 17.1. The van der Waals surface area contributed by atoms with Gasteiger partial charge in [0.15, 0.2) is 5.96 Å². The fourth-order valence-electron chi connectivity index (χ4n) is 3.24. The van der Waals surface area contributed by atoms with Crippen LogP contribution in [0.4, 0.5) is 0 Å². The Bertz CT molecular complexity index is 637. The maximum absolute atomic E-state index is 12.0. The number of nitrogens with one attached hydrogen (secondary N) is 3. The lowest BCUT2D eigenvalue weighted by Gasteiger charge is -2.17. The van der Waals surface area contributed by atoms with Crippen LogP contribution in [0.15, 0.2) is 23.2 Å². The number of benzene rings is 1. The van der Waals surface area contributed by atoms with E-state index < -0.39 is 0 Å². The predicted octanol–water partition coefficient (Wildman–Crippen LogP) is 2.90. The van der Waals surface area contributed by atoms with E-state index in [0.717, 1.165) is 24.2 Å². The molecule has 0 spiro atoms. The summed E-state index contributed by atoms with van der Waals surface area (Å²) >= 11 is 0. The van der Waals surface area contributed by atoms with Crippen molar-refractivity contribution in [2.45, 2.75) is 71.6 Å². The molecule has 6 heteroatoms. The molecule has 0 aliphatic heterocycles. The third-order valence-corrected chi connectivity index (χ3v) is 4.62. The maximum Gasteiger partial charge on any atom is 0.221 e. The van der Waals surface area contributed by atoms with E-state index in [-0.39, 0.29) is 12.0 Å². The number of amides is 1. The minimum absolute atomic E-state index is 0.107. The number of hydrogen-bond acceptors (Lipinski definition) is 3. The Kier molecular flexibility index (Phi) is 8.43. The van der Waals surface area contributed by atoms with Gasteiger partial charge in [-0.1, -0.05) is 25.0 Å². The van der Waals surface area contributed by atoms with Crippen LogP contribution in [0.1, 0.15) is 57.1 Å². The summed E-state index contributed by atoms with van der Waals surface area (Å²) in [6, 6.07) is 6.58. The Hall–Kier alpha value is -2.24. The molecule has 1 aliphatic rings. The van der Waals surface area contributed by atoms with Crippen LogP contribution in [-0.2, 0) is 11.3 Å². The molecule has 6 nitrogen and oxygen atoms in total. The number of hydrogen-bond donors (Lipinski definition) is 3. The van der Waals surface area contributed by atoms with E-state index in [9.17, 15) is 4.79 Å². The number of guanidine groups is 1. The molecule has 150 valence electrons. The zero-order chi connectivity index (χ0) is 19.6. The average molecular weight is 375 g/mol. The Labute approximate surface area is 163 Å². The van der Waals surface area contributed by atoms with Gasteiger partial charge in [0.1, 0.15) is 5.75 Å². The first-order valence-electron chi connectivity index (χ1n) is 9.98. The highest BCUT2D eigenvalue weighted by Crippen LogP contribution is 2.21. The third-order valence-electron chi connectivity index (χ3n) is 4.62. The van der Waals surface area contributed by atoms with Crippen LogP contribution in [0.25, 0.3) is 0 Å². The number of aryl methyl sites for hydroxylation is 1. The molecule has 0 unspecified atom stereocenters. The van der Waals surface area contributed by atoms with E-state index in [2.05, 4.69) is 46.1 Å². The SMILES string of the molecule is CN=C(NCCC(=O)NC1CCCC1)NCc1ccc(C)cc1OC(C)C. The van der Waals surface area contributed by atoms with Gasteiger partial charge in [-0.3, -0.25) is 9.79 Å². The van der Waals surface area contributed by atoms with Gasteiger partial charge in [0.25, 0.3) is 0 Å². The number of aliphatic imine (C=N–C) groups is 1. The summed E-state index contributed by atoms with van der Waals surface area (Å²) in [4.78, 5) is 16.2. The molecule has 27 heavy (non-hydrogen) atoms. The van der Waals surface area contributed by atoms with Crippen LogP contribution in [0, 0.1) is 6.92 Å². The van der Waals surface area contributed by atoms with Gasteiger partial charge in [0, 0.05) is 38.2 Å². The van der Waals surface area contributed by atoms with Gasteiger partial charge >= 0.3 is 0 Å². The molecule has 0 bridgehead atoms. The lowest BCUT2D eigenvalue weighted by molar-refractivity contribution is -0.121. The van der Waals surface area contributed by atoms with E-state index in [0.29, 0.717) is 31.5 Å². The number of nitrogens with zero attached hydrogens (tertiary/aromatic N) is 1. The topological polar surface area (TPSA) is 74.8 Å². The quantitative estimate of drug-likeness (QED) is 0.483. The summed E-state index contributed by atoms with van der Waals surface area (Å²) in [6.07, 6.45) is 5.24. The van der Waals surface area contributed by atoms with Crippen LogP contribution in [0.5, 0.6) is 5.75 Å². The van der Waals surface area contributed by atoms with Crippen molar-refractivity contribution >= 4 is 11.9 Å². The highest BCUT2D eigenvalue weighted by molar-refractivity contribution is 5.81. The molecule has 1 aromatic carbocycles. The van der Waals surface area contributed by atoms with Crippen molar-refractivity contribution in [1.29, 1.82) is 0 Å². The molecule has 0 heterocycles. The standard InChI is InChI=1S/C21H34N4O2/c1-15(2)27-19-13-16(3)9-10-17(19)14-24-21(22-4)23-12-11-20(26)25-18-7-5-6-8-18/h9-10,13,15,18H,5-8,11-12,14H2,1-4H3,(H,25,26)(H2,22,23,24). The fourth-order valence-corrected chi connectivity index (χ4v) is 3.24. The first kappa shape index (κ1) is 21.1. The highest BCUT2D eigenvalue weighted by atomic mass is 16.5. The lowest BCUT2D eigenvalue weighted by Crippen LogP contribution is -2.40. The predicted molar refractivity (Wildman–Crippen MR) is 110 cm³/mol. The van der Waals surface area contributed by atoms with Crippen LogP contribution in [-0.4, -0.2) is 37.6 Å². The van der Waals surface area contributed by atoms with Crippen molar-refractivity contribution in [3.8, 4) is 5.75 Å². The summed E-state index contributed by atoms with van der Waals surface area (Å²) < 4.78 is 5.91. The largest absolute Gasteiger partial charge is 0.491 e. The fraction of sp³-hybridized carbons (Fsp3) is 0.619. The van der Waals surface area contributed by atoms with Crippen LogP contribution < -0.4 is 20.7 Å². The summed E-state index contributed by atoms with van der Waals surface area (Å²) in [5, 5.41) is 9.60. The highest BCUT2D eigenvalue weighted by Gasteiger charge is 2.16. The molecule has 1 amide bonds. The first-order chi connectivity index (χ1) is 13.0. The Morgan fingerprint density at radius 3 is 2.67 bits per heavy atom. The molecule has 0 aromatic heterocycles. The minimum Gasteiger partial charge on any atom is -0.491 e. The van der Waals surface area contributed by atoms with Gasteiger partial charge in [0.2, 0.25) is 5.91 Å². The van der Waals surface area contributed by atoms with E-state index in [4.69, 9.17) is 4.74 Å². The Morgan fingerprint density at radius 1 is 1.26 bits per heavy atom. The summed E-state index contributed by atoms with van der Waals surface area (Å²) in [5.74, 6) is 1.68. The Balaban J connectivity index is 1.77. The monoisotopic (exact) mass is 374 g/mol. The van der Waals surface area contributed by atoms with Crippen molar-refractivity contribution in [1.82, 2.24) is 16.0 Å². The molecule has 1 fully saturated rings. The van der Waals surface area contributed by atoms with E-state index in [1.165, 1.54) is 18.4 Å². The maximum atomic E-state index is 12.0. The van der Waals surface area contributed by atoms with E-state index in [1.807, 2.05) is 13.8 Å². The molecule has 0 radical (unpaired) electrons. The number of carbonyl (C=O) groups excluding carboxylic acids is 1. The second-order valence-electron chi connectivity index (χ2n) is 7.43. The minimum atomic E-state index is 0.107. The van der Waals surface area contributed by atoms with Gasteiger partial charge in [-0.2, -0.15) is 0 Å². The summed E-state index contributed by atoms with van der Waals surface area (Å²) in [5.41, 5.74) is 2.25. The van der Waals surface area contributed by atoms with Crippen molar-refractivity contribution in [2.75, 3.05) is 13.6 Å². The molecule has 3 N–H and O–H groups in total. The van der Waals surface area contributed by atoms with Crippen LogP contribution in [0.3, 0.4) is 0 Å². The second-order valence-corrected chi connectivity index (χ2v) is 7.43. The molecule has 1 saturated carbocycles. The van der Waals surface area contributed by atoms with E-state index >= 15 is 0 Å². The van der Waals surface area contributed by atoms with Crippen molar-refractivity contribution < 1.29 is 9.53 Å². The van der Waals surface area contributed by atoms with Gasteiger partial charge in [-0.05, 0) is 45.2 Å². The van der Waals surface area contributed by atoms with Crippen molar-refractivity contribution in [3.63, 3.8) is 0 Å². The van der Waals surface area contributed by atoms with Gasteiger partial charge in [-0.25, -0.2) is 0 Å². The van der Waals surface area contributed by atoms with Crippen LogP contribution >= 0.6 is 0 Å². The van der Waals surface area contributed by atoms with Crippen molar-refractivity contribution in [3.05, 3.63) is 29.3 Å². The van der Waals surface area contributed by atoms with E-state index in [1.54, 1.807) is 7.05 Å². The molecule has 2 rings (SSSR count). The number of ether oxygens (including phenoxy) is 1. The molecule has 1 aliphatic carbocycles. The average Bonchev–Trinajstić information content (AvgIpc) is 3.11. The van der Waals surface area contributed by atoms with Crippen LogP contribution in [0.2, 0.25) is 0 Å². The Morgan fingerprint density at radius 2 is 2.00 bits per heavy atom. The molecule has 0 atom stereocenters. The van der Waals surface area contributed by atoms with Gasteiger partial charge < -0.3 is 20.7 Å². The van der Waals surface area contributed by atoms with Crippen molar-refractivity contribution in [2.24, 2.45) is 4.99 Å². The lowest BCUT2D eigenvalue weighted by atomic mass is 10.1. The van der Waals surface area contributed by atoms with Gasteiger partial charge in [-0.15, -0.1) is 0 Å². The smallest absolute Gasteiger partial charge is 0.221 e. The third kappa shape index (κ3) is 7.49. The molecular formula is C21H34N4O2. The number of rotatable bonds is 8. The zero-order valence-corrected chi connectivity index (χ0v) is 17.1. The normalized spacial score (nSPS) is 15.1. The summed E-state index contributed by atoms with van der Waals surface area (Å²) in [7, 11) is 1.73.